The molecule has 1 rings (SSSR count). The van der Waals surface area contributed by atoms with Gasteiger partial charge in [-0.25, -0.2) is 4.90 Å². The van der Waals surface area contributed by atoms with E-state index in [0.29, 0.717) is 17.7 Å². The number of carboxylic acids is 1. The van der Waals surface area contributed by atoms with E-state index in [1.54, 1.807) is 0 Å². The van der Waals surface area contributed by atoms with Crippen molar-refractivity contribution < 1.29 is 70.1 Å². The fourth-order valence-electron chi connectivity index (χ4n) is 1.30. The molecular formula is C7H10F2KNO2. The number of hydrogen-bond donors (Lipinski definition) is 0. The van der Waals surface area contributed by atoms with Gasteiger partial charge in [0.15, 0.2) is 0 Å². The first-order valence-corrected chi connectivity index (χ1v) is 3.89. The third-order valence-corrected chi connectivity index (χ3v) is 2.00. The fraction of sp³-hybridized carbons (Fsp3) is 0.857. The zero-order valence-electron chi connectivity index (χ0n) is 7.56. The number of halogens is 2. The Morgan fingerprint density at radius 1 is 1.23 bits per heavy atom. The summed E-state index contributed by atoms with van der Waals surface area (Å²) >= 11 is 0. The summed E-state index contributed by atoms with van der Waals surface area (Å²) in [6.07, 6.45) is 2.14. The van der Waals surface area contributed by atoms with Crippen LogP contribution in [0, 0.1) is 0 Å². The van der Waals surface area contributed by atoms with E-state index in [1.807, 2.05) is 0 Å². The van der Waals surface area contributed by atoms with Crippen molar-refractivity contribution in [1.29, 1.82) is 0 Å². The Balaban J connectivity index is 0.00000144. The molecule has 1 aliphatic rings. The Morgan fingerprint density at radius 2 is 1.69 bits per heavy atom. The van der Waals surface area contributed by atoms with Crippen LogP contribution in [0.25, 0.3) is 0 Å². The second kappa shape index (κ2) is 5.72. The third-order valence-electron chi connectivity index (χ3n) is 2.00. The van der Waals surface area contributed by atoms with E-state index >= 15 is 0 Å². The molecule has 70 valence electrons. The molecule has 13 heavy (non-hydrogen) atoms. The molecule has 0 atom stereocenters. The number of piperidine rings is 1. The second-order valence-corrected chi connectivity index (χ2v) is 2.88. The van der Waals surface area contributed by atoms with Gasteiger partial charge in [-0.2, -0.15) is 8.78 Å². The number of aliphatic carboxylic acids is 1. The number of hydrogen-bond acceptors (Lipinski definition) is 3. The van der Waals surface area contributed by atoms with Crippen LogP contribution in [0.5, 0.6) is 0 Å². The third kappa shape index (κ3) is 3.52. The summed E-state index contributed by atoms with van der Waals surface area (Å²) in [5, 5.41) is 10.0. The molecule has 0 amide bonds. The van der Waals surface area contributed by atoms with Crippen LogP contribution < -0.4 is 56.5 Å². The van der Waals surface area contributed by atoms with Crippen LogP contribution in [0.2, 0.25) is 0 Å². The van der Waals surface area contributed by atoms with Crippen molar-refractivity contribution >= 4 is 5.97 Å². The molecule has 0 aliphatic carbocycles. The molecule has 0 N–H and O–H groups in total. The van der Waals surface area contributed by atoms with E-state index in [9.17, 15) is 18.7 Å². The number of carbonyl (C=O) groups is 1. The van der Waals surface area contributed by atoms with Crippen molar-refractivity contribution in [3.05, 3.63) is 0 Å². The van der Waals surface area contributed by atoms with Crippen LogP contribution in [-0.4, -0.2) is 30.0 Å². The summed E-state index contributed by atoms with van der Waals surface area (Å²) in [6.45, 7) is 0.280. The average Bonchev–Trinajstić information content (AvgIpc) is 2.06. The molecule has 1 heterocycles. The Labute approximate surface area is 118 Å². The molecule has 0 bridgehead atoms. The summed E-state index contributed by atoms with van der Waals surface area (Å²) in [6, 6.07) is -3.79. The number of rotatable bonds is 2. The quantitative estimate of drug-likeness (QED) is 0.362. The predicted octanol–water partition coefficient (Wildman–Crippen LogP) is -3.18. The summed E-state index contributed by atoms with van der Waals surface area (Å²) in [4.78, 5) is 10.7. The van der Waals surface area contributed by atoms with Gasteiger partial charge in [0, 0.05) is 13.1 Å². The van der Waals surface area contributed by atoms with Crippen molar-refractivity contribution in [3.8, 4) is 0 Å². The topological polar surface area (TPSA) is 43.4 Å². The normalized spacial score (nSPS) is 19.2. The molecular weight excluding hydrogens is 207 g/mol. The van der Waals surface area contributed by atoms with Crippen molar-refractivity contribution in [1.82, 2.24) is 4.90 Å². The van der Waals surface area contributed by atoms with Crippen LogP contribution in [-0.2, 0) is 4.79 Å². The maximum Gasteiger partial charge on any atom is 1.00 e. The number of carboxylic acid groups (broad SMARTS) is 1. The van der Waals surface area contributed by atoms with Gasteiger partial charge in [-0.05, 0) is 12.8 Å². The van der Waals surface area contributed by atoms with Gasteiger partial charge in [0.05, 0.1) is 0 Å². The van der Waals surface area contributed by atoms with Gasteiger partial charge in [0.2, 0.25) is 0 Å². The van der Waals surface area contributed by atoms with Gasteiger partial charge in [-0.15, -0.1) is 0 Å². The fourth-order valence-corrected chi connectivity index (χ4v) is 1.30. The zero-order chi connectivity index (χ0) is 9.19. The van der Waals surface area contributed by atoms with E-state index in [2.05, 4.69) is 0 Å². The van der Waals surface area contributed by atoms with Gasteiger partial charge in [0.25, 0.3) is 0 Å². The first-order chi connectivity index (χ1) is 5.55. The molecule has 0 aromatic heterocycles. The number of alkyl halides is 2. The molecule has 1 saturated heterocycles. The van der Waals surface area contributed by atoms with Gasteiger partial charge < -0.3 is 9.90 Å². The van der Waals surface area contributed by atoms with E-state index in [-0.39, 0.29) is 64.5 Å². The van der Waals surface area contributed by atoms with E-state index < -0.39 is 12.0 Å². The summed E-state index contributed by atoms with van der Waals surface area (Å²) in [5.41, 5.74) is 0. The minimum absolute atomic E-state index is 0. The largest absolute Gasteiger partial charge is 1.00 e. The molecule has 6 heteroatoms. The van der Waals surface area contributed by atoms with Crippen molar-refractivity contribution in [2.24, 2.45) is 0 Å². The zero-order valence-corrected chi connectivity index (χ0v) is 10.7. The van der Waals surface area contributed by atoms with Gasteiger partial charge in [-0.3, -0.25) is 0 Å². The smallest absolute Gasteiger partial charge is 0.543 e. The van der Waals surface area contributed by atoms with E-state index in [1.165, 1.54) is 0 Å². The maximum atomic E-state index is 12.7. The van der Waals surface area contributed by atoms with Crippen LogP contribution in [0.15, 0.2) is 0 Å². The van der Waals surface area contributed by atoms with Crippen LogP contribution >= 0.6 is 0 Å². The van der Waals surface area contributed by atoms with E-state index in [0.717, 1.165) is 6.42 Å². The first-order valence-electron chi connectivity index (χ1n) is 3.89. The number of carbonyl (C=O) groups excluding carboxylic acids is 1. The molecule has 0 saturated carbocycles. The second-order valence-electron chi connectivity index (χ2n) is 2.88. The maximum absolute atomic E-state index is 12.7. The van der Waals surface area contributed by atoms with Crippen LogP contribution in [0.4, 0.5) is 8.78 Å². The molecule has 0 spiro atoms. The molecule has 0 radical (unpaired) electrons. The minimum Gasteiger partial charge on any atom is -0.543 e. The summed E-state index contributed by atoms with van der Waals surface area (Å²) in [5.74, 6) is -2.30. The molecule has 0 aromatic carbocycles. The monoisotopic (exact) mass is 217 g/mol. The number of likely N-dealkylation sites (tertiary alicyclic amines) is 1. The van der Waals surface area contributed by atoms with Gasteiger partial charge in [-0.1, -0.05) is 6.42 Å². The standard InChI is InChI=1S/C7H11F2NO2.K/c8-7(9,6(11)12)10-4-2-1-3-5-10;/h1-5H2,(H,11,12);/q;+1/p-1. The van der Waals surface area contributed by atoms with Crippen molar-refractivity contribution in [2.75, 3.05) is 13.1 Å². The van der Waals surface area contributed by atoms with Crippen LogP contribution in [0.1, 0.15) is 19.3 Å². The molecule has 1 aliphatic heterocycles. The van der Waals surface area contributed by atoms with Crippen LogP contribution in [0.3, 0.4) is 0 Å². The first kappa shape index (κ1) is 13.9. The minimum atomic E-state index is -3.79. The predicted molar refractivity (Wildman–Crippen MR) is 35.4 cm³/mol. The van der Waals surface area contributed by atoms with Crippen molar-refractivity contribution in [2.45, 2.75) is 25.3 Å². The van der Waals surface area contributed by atoms with Gasteiger partial charge >= 0.3 is 57.4 Å². The Bertz CT molecular complexity index is 183. The Morgan fingerprint density at radius 3 is 2.08 bits per heavy atom. The van der Waals surface area contributed by atoms with Crippen molar-refractivity contribution in [3.63, 3.8) is 0 Å². The molecule has 0 aromatic rings. The molecule has 0 unspecified atom stereocenters. The van der Waals surface area contributed by atoms with Gasteiger partial charge in [0.1, 0.15) is 5.97 Å². The number of nitrogens with zero attached hydrogens (tertiary/aromatic N) is 1. The molecule has 3 nitrogen and oxygen atoms in total. The Kier molecular flexibility index (Phi) is 6.13. The average molecular weight is 217 g/mol. The summed E-state index contributed by atoms with van der Waals surface area (Å²) in [7, 11) is 0. The Hall–Kier alpha value is 0.926. The molecule has 1 fully saturated rings. The SMILES string of the molecule is O=C([O-])C(F)(F)N1CCCCC1.[K+]. The summed E-state index contributed by atoms with van der Waals surface area (Å²) < 4.78 is 25.4. The van der Waals surface area contributed by atoms with E-state index in [4.69, 9.17) is 0 Å².